The van der Waals surface area contributed by atoms with Crippen molar-refractivity contribution in [1.82, 2.24) is 15.3 Å². The van der Waals surface area contributed by atoms with Crippen LogP contribution < -0.4 is 5.32 Å². The van der Waals surface area contributed by atoms with Gasteiger partial charge in [0.25, 0.3) is 0 Å². The van der Waals surface area contributed by atoms with E-state index in [0.717, 1.165) is 47.1 Å². The van der Waals surface area contributed by atoms with Crippen LogP contribution >= 0.6 is 0 Å². The quantitative estimate of drug-likeness (QED) is 0.220. The lowest BCUT2D eigenvalue weighted by molar-refractivity contribution is -0.218. The number of carbonyl (C=O) groups is 3. The standard InChI is InChI=1S/C45H49N3O9/c1-47(33(41(50)46-19-20-49)21-27-9-3-2-4-10-27)43(52)45-25-36-37-38(56-44(55-37)23-30-12-6-7-13-31(30)24-44)40(45)57-48(39(45)42(51)54-36)26-32-14-8-5-11-29(32)17-15-28-16-18-34-35(22-28)53-34/h2-15,17,28,33-40,49H,16,18-26H2,1H3,(H,46,50)/t28?,33-,34?,35?,36-,37+,38+,39+,40-,45+/m1/s1. The van der Waals surface area contributed by atoms with Crippen molar-refractivity contribution in [3.05, 3.63) is 113 Å². The minimum absolute atomic E-state index is 0.0384. The summed E-state index contributed by atoms with van der Waals surface area (Å²) < 4.78 is 25.8. The minimum atomic E-state index is -1.46. The number of amides is 2. The monoisotopic (exact) mass is 775 g/mol. The normalized spacial score (nSPS) is 33.3. The van der Waals surface area contributed by atoms with Crippen LogP contribution in [-0.4, -0.2) is 108 Å². The number of carbonyl (C=O) groups excluding carboxylic acids is 3. The van der Waals surface area contributed by atoms with Gasteiger partial charge in [-0.3, -0.25) is 19.2 Å². The highest BCUT2D eigenvalue weighted by Crippen LogP contribution is 2.59. The first-order chi connectivity index (χ1) is 27.7. The molecule has 4 saturated heterocycles. The minimum Gasteiger partial charge on any atom is -0.458 e. The van der Waals surface area contributed by atoms with Gasteiger partial charge in [-0.25, -0.2) is 0 Å². The van der Waals surface area contributed by atoms with Crippen LogP contribution in [0.4, 0.5) is 0 Å². The van der Waals surface area contributed by atoms with Crippen LogP contribution in [0.2, 0.25) is 0 Å². The molecule has 7 aliphatic rings. The highest BCUT2D eigenvalue weighted by Gasteiger charge is 2.77. The van der Waals surface area contributed by atoms with E-state index in [9.17, 15) is 14.7 Å². The van der Waals surface area contributed by atoms with E-state index in [1.165, 1.54) is 4.90 Å². The molecule has 57 heavy (non-hydrogen) atoms. The van der Waals surface area contributed by atoms with Crippen LogP contribution in [0.3, 0.4) is 0 Å². The summed E-state index contributed by atoms with van der Waals surface area (Å²) in [5.41, 5.74) is 3.60. The van der Waals surface area contributed by atoms with Gasteiger partial charge in [-0.15, -0.1) is 0 Å². The first-order valence-corrected chi connectivity index (χ1v) is 20.4. The Bertz CT molecular complexity index is 2050. The molecular weight excluding hydrogens is 727 g/mol. The Morgan fingerprint density at radius 3 is 2.46 bits per heavy atom. The Hall–Kier alpha value is -4.43. The smallest absolute Gasteiger partial charge is 0.327 e. The highest BCUT2D eigenvalue weighted by atomic mass is 16.8. The molecular formula is C45H49N3O9. The lowest BCUT2D eigenvalue weighted by Crippen LogP contribution is -2.70. The molecule has 3 unspecified atom stereocenters. The van der Waals surface area contributed by atoms with E-state index in [1.54, 1.807) is 12.1 Å². The molecule has 3 aromatic rings. The van der Waals surface area contributed by atoms with E-state index in [2.05, 4.69) is 35.7 Å². The fraction of sp³-hybridized carbons (Fsp3) is 0.489. The number of benzene rings is 3. The number of ether oxygens (including phenoxy) is 4. The SMILES string of the molecule is CN(C(=O)[C@@]12C[C@H]3OC(=O)[C@@H]1N(Cc1ccccc1C=CC1CCC4OC4C1)O[C@@H]2[C@H]1OC2(Cc4ccccc4C2)O[C@H]13)[C@H](Cc1ccccc1)C(=O)NCCO. The third kappa shape index (κ3) is 6.41. The number of aliphatic hydroxyl groups excluding tert-OH is 1. The molecule has 2 amide bonds. The lowest BCUT2D eigenvalue weighted by Gasteiger charge is -2.50. The first kappa shape index (κ1) is 36.9. The summed E-state index contributed by atoms with van der Waals surface area (Å²) in [6, 6.07) is 23.6. The summed E-state index contributed by atoms with van der Waals surface area (Å²) in [6.07, 6.45) is 6.75. The largest absolute Gasteiger partial charge is 0.458 e. The number of hydrogen-bond donors (Lipinski definition) is 2. The Morgan fingerprint density at radius 2 is 1.68 bits per heavy atom. The number of esters is 1. The maximum Gasteiger partial charge on any atom is 0.327 e. The van der Waals surface area contributed by atoms with Crippen LogP contribution in [0.25, 0.3) is 6.08 Å². The van der Waals surface area contributed by atoms with Crippen LogP contribution in [0, 0.1) is 11.3 Å². The van der Waals surface area contributed by atoms with E-state index >= 15 is 4.79 Å². The van der Waals surface area contributed by atoms with E-state index in [-0.39, 0.29) is 32.5 Å². The molecule has 0 aromatic heterocycles. The summed E-state index contributed by atoms with van der Waals surface area (Å²) in [7, 11) is 1.62. The number of hydrogen-bond acceptors (Lipinski definition) is 10. The van der Waals surface area contributed by atoms with E-state index < -0.39 is 65.5 Å². The maximum atomic E-state index is 15.6. The summed E-state index contributed by atoms with van der Waals surface area (Å²) in [6.45, 7) is -0.000741. The van der Waals surface area contributed by atoms with Crippen molar-refractivity contribution < 1.29 is 43.3 Å². The predicted octanol–water partition coefficient (Wildman–Crippen LogP) is 3.52. The van der Waals surface area contributed by atoms with Crippen molar-refractivity contribution in [2.24, 2.45) is 11.3 Å². The molecule has 4 aliphatic heterocycles. The number of allylic oxidation sites excluding steroid dienone is 1. The fourth-order valence-corrected chi connectivity index (χ4v) is 10.6. The number of hydroxylamine groups is 2. The van der Waals surface area contributed by atoms with Gasteiger partial charge in [0, 0.05) is 39.3 Å². The Kier molecular flexibility index (Phi) is 9.34. The van der Waals surface area contributed by atoms with Gasteiger partial charge < -0.3 is 34.3 Å². The third-order valence-electron chi connectivity index (χ3n) is 13.4. The number of likely N-dealkylation sites (N-methyl/N-ethyl adjacent to an activating group) is 1. The van der Waals surface area contributed by atoms with E-state index in [1.807, 2.05) is 60.7 Å². The predicted molar refractivity (Wildman–Crippen MR) is 206 cm³/mol. The summed E-state index contributed by atoms with van der Waals surface area (Å²) >= 11 is 0. The zero-order valence-electron chi connectivity index (χ0n) is 32.0. The van der Waals surface area contributed by atoms with Crippen molar-refractivity contribution in [3.63, 3.8) is 0 Å². The van der Waals surface area contributed by atoms with Gasteiger partial charge >= 0.3 is 5.97 Å². The van der Waals surface area contributed by atoms with Crippen LogP contribution in [-0.2, 0) is 64.0 Å². The molecule has 298 valence electrons. The zero-order valence-corrected chi connectivity index (χ0v) is 32.0. The topological polar surface area (TPSA) is 139 Å². The molecule has 3 aliphatic carbocycles. The van der Waals surface area contributed by atoms with Crippen molar-refractivity contribution in [3.8, 4) is 0 Å². The second-order valence-corrected chi connectivity index (χ2v) is 16.9. The number of aliphatic hydroxyl groups is 1. The van der Waals surface area contributed by atoms with Gasteiger partial charge in [0.2, 0.25) is 11.8 Å². The molecule has 3 aromatic carbocycles. The van der Waals surface area contributed by atoms with Crippen molar-refractivity contribution in [2.45, 2.75) is 106 Å². The molecule has 1 spiro atoms. The number of fused-ring (bicyclic) bond motifs is 6. The van der Waals surface area contributed by atoms with Crippen LogP contribution in [0.15, 0.2) is 84.9 Å². The molecule has 10 rings (SSSR count). The van der Waals surface area contributed by atoms with Gasteiger partial charge in [0.05, 0.1) is 25.4 Å². The molecule has 0 radical (unpaired) electrons. The zero-order chi connectivity index (χ0) is 38.9. The maximum absolute atomic E-state index is 15.6. The molecule has 2 bridgehead atoms. The number of nitrogens with one attached hydrogen (secondary N) is 1. The van der Waals surface area contributed by atoms with E-state index in [0.29, 0.717) is 31.0 Å². The number of rotatable bonds is 11. The van der Waals surface area contributed by atoms with Gasteiger partial charge in [-0.2, -0.15) is 5.06 Å². The Labute approximate surface area is 332 Å². The van der Waals surface area contributed by atoms with Crippen molar-refractivity contribution in [2.75, 3.05) is 20.2 Å². The van der Waals surface area contributed by atoms with Gasteiger partial charge in [0.15, 0.2) is 11.8 Å². The molecule has 2 N–H and O–H groups in total. The fourth-order valence-electron chi connectivity index (χ4n) is 10.6. The lowest BCUT2D eigenvalue weighted by atomic mass is 9.62. The third-order valence-corrected chi connectivity index (χ3v) is 13.4. The van der Waals surface area contributed by atoms with Crippen LogP contribution in [0.1, 0.15) is 53.5 Å². The van der Waals surface area contributed by atoms with Crippen molar-refractivity contribution >= 4 is 23.9 Å². The second-order valence-electron chi connectivity index (χ2n) is 16.9. The molecule has 2 saturated carbocycles. The van der Waals surface area contributed by atoms with Gasteiger partial charge in [0.1, 0.15) is 35.9 Å². The molecule has 12 nitrogen and oxygen atoms in total. The average molecular weight is 776 g/mol. The van der Waals surface area contributed by atoms with Crippen LogP contribution in [0.5, 0.6) is 0 Å². The molecule has 12 heteroatoms. The Morgan fingerprint density at radius 1 is 0.947 bits per heavy atom. The average Bonchev–Trinajstić information content (AvgIpc) is 3.57. The molecule has 6 fully saturated rings. The molecule has 10 atom stereocenters. The number of nitrogens with zero attached hydrogens (tertiary/aromatic N) is 2. The van der Waals surface area contributed by atoms with E-state index in [4.69, 9.17) is 23.8 Å². The van der Waals surface area contributed by atoms with Gasteiger partial charge in [-0.05, 0) is 53.0 Å². The summed E-state index contributed by atoms with van der Waals surface area (Å²) in [5, 5.41) is 14.0. The Balaban J connectivity index is 1.01. The number of epoxide rings is 1. The second kappa shape index (κ2) is 14.4. The molecule has 4 heterocycles. The van der Waals surface area contributed by atoms with Crippen molar-refractivity contribution in [1.29, 1.82) is 0 Å². The summed E-state index contributed by atoms with van der Waals surface area (Å²) in [5.74, 6) is -1.93. The summed E-state index contributed by atoms with van der Waals surface area (Å²) in [4.78, 5) is 52.3. The van der Waals surface area contributed by atoms with Gasteiger partial charge in [-0.1, -0.05) is 91.0 Å². The highest BCUT2D eigenvalue weighted by molar-refractivity contribution is 5.96. The first-order valence-electron chi connectivity index (χ1n) is 20.4.